The fourth-order valence-electron chi connectivity index (χ4n) is 3.48. The number of aromatic nitrogens is 3. The van der Waals surface area contributed by atoms with Gasteiger partial charge in [-0.15, -0.1) is 0 Å². The number of carbonyl (C=O) groups is 2. The van der Waals surface area contributed by atoms with E-state index in [2.05, 4.69) is 20.3 Å². The van der Waals surface area contributed by atoms with Crippen molar-refractivity contribution in [3.05, 3.63) is 36.4 Å². The number of anilines is 3. The molecule has 158 valence electrons. The Hall–Kier alpha value is -3.44. The second-order valence-corrected chi connectivity index (χ2v) is 7.06. The van der Waals surface area contributed by atoms with Crippen molar-refractivity contribution in [2.45, 2.75) is 31.6 Å². The van der Waals surface area contributed by atoms with Crippen molar-refractivity contribution in [3.8, 4) is 0 Å². The van der Waals surface area contributed by atoms with Crippen LogP contribution in [-0.4, -0.2) is 58.2 Å². The van der Waals surface area contributed by atoms with Crippen LogP contribution in [0.4, 0.5) is 35.3 Å². The number of carbonyl (C=O) groups excluding carboxylic acids is 2. The average Bonchev–Trinajstić information content (AvgIpc) is 3.12. The summed E-state index contributed by atoms with van der Waals surface area (Å²) >= 11 is 0. The lowest BCUT2D eigenvalue weighted by molar-refractivity contribution is -0.149. The van der Waals surface area contributed by atoms with Gasteiger partial charge in [0.2, 0.25) is 0 Å². The molecule has 2 aromatic heterocycles. The van der Waals surface area contributed by atoms with Crippen LogP contribution in [0, 0.1) is 0 Å². The van der Waals surface area contributed by atoms with Crippen molar-refractivity contribution in [1.29, 1.82) is 0 Å². The lowest BCUT2D eigenvalue weighted by Crippen LogP contribution is -2.49. The Bertz CT molecular complexity index is 970. The number of fused-ring (bicyclic) bond motifs is 4. The molecule has 2 aliphatic heterocycles. The Balaban J connectivity index is 1.63. The zero-order chi connectivity index (χ0) is 21.5. The van der Waals surface area contributed by atoms with E-state index in [0.717, 1.165) is 6.92 Å². The molecule has 12 heteroatoms. The van der Waals surface area contributed by atoms with Gasteiger partial charge in [-0.3, -0.25) is 15.0 Å². The van der Waals surface area contributed by atoms with Crippen LogP contribution in [0.2, 0.25) is 0 Å². The fraction of sp³-hybridized carbons (Fsp3) is 0.389. The van der Waals surface area contributed by atoms with Crippen molar-refractivity contribution in [3.63, 3.8) is 0 Å². The maximum Gasteiger partial charge on any atom is 0.408 e. The van der Waals surface area contributed by atoms with Gasteiger partial charge in [0.25, 0.3) is 5.91 Å². The summed E-state index contributed by atoms with van der Waals surface area (Å²) in [5, 5.41) is 4.55. The van der Waals surface area contributed by atoms with Crippen LogP contribution in [0.15, 0.2) is 30.7 Å². The first-order valence-electron chi connectivity index (χ1n) is 9.24. The number of hydrogen-bond acceptors (Lipinski definition) is 6. The Kier molecular flexibility index (Phi) is 4.92. The number of amides is 3. The Morgan fingerprint density at radius 3 is 2.77 bits per heavy atom. The molecular formula is C18H18F3N7O2. The molecule has 30 heavy (non-hydrogen) atoms. The summed E-state index contributed by atoms with van der Waals surface area (Å²) in [6.07, 6.45) is -1.11. The SMILES string of the molecule is C[C@@H](NC(=O)c1ccc2c(n1)N(C(=O)Nc1ccncn1)C1CCN2C1)C(F)(F)F. The normalized spacial score (nSPS) is 18.6. The monoisotopic (exact) mass is 421 g/mol. The largest absolute Gasteiger partial charge is 0.408 e. The third-order valence-electron chi connectivity index (χ3n) is 5.06. The van der Waals surface area contributed by atoms with Crippen LogP contribution >= 0.6 is 0 Å². The minimum atomic E-state index is -4.57. The van der Waals surface area contributed by atoms with Gasteiger partial charge in [-0.2, -0.15) is 13.2 Å². The molecule has 2 bridgehead atoms. The van der Waals surface area contributed by atoms with Crippen molar-refractivity contribution < 1.29 is 22.8 Å². The number of rotatable bonds is 3. The summed E-state index contributed by atoms with van der Waals surface area (Å²) in [6, 6.07) is 1.78. The molecular weight excluding hydrogens is 403 g/mol. The minimum absolute atomic E-state index is 0.181. The standard InChI is InChI=1S/C18H18F3N7O2/c1-10(18(19,20)21)24-16(29)12-2-3-13-15(25-12)28(11-5-7-27(13)8-11)17(30)26-14-4-6-22-9-23-14/h2-4,6,9-11H,5,7-8H2,1H3,(H,24,29)(H,22,23,26,30)/t10-,11?/m1/s1. The van der Waals surface area contributed by atoms with Crippen molar-refractivity contribution in [1.82, 2.24) is 20.3 Å². The topological polar surface area (TPSA) is 103 Å². The molecule has 0 spiro atoms. The first-order valence-corrected chi connectivity index (χ1v) is 9.24. The molecule has 1 unspecified atom stereocenters. The lowest BCUT2D eigenvalue weighted by atomic mass is 10.1. The first kappa shape index (κ1) is 19.9. The van der Waals surface area contributed by atoms with Gasteiger partial charge in [-0.25, -0.2) is 19.7 Å². The Labute approximate surface area is 169 Å². The summed E-state index contributed by atoms with van der Waals surface area (Å²) in [5.74, 6) is -0.445. The molecule has 0 saturated carbocycles. The van der Waals surface area contributed by atoms with Gasteiger partial charge < -0.3 is 10.2 Å². The molecule has 3 amide bonds. The van der Waals surface area contributed by atoms with Crippen molar-refractivity contribution >= 4 is 29.3 Å². The summed E-state index contributed by atoms with van der Waals surface area (Å²) in [7, 11) is 0. The third-order valence-corrected chi connectivity index (χ3v) is 5.06. The molecule has 4 rings (SSSR count). The number of pyridine rings is 1. The number of alkyl halides is 3. The molecule has 1 saturated heterocycles. The Morgan fingerprint density at radius 2 is 2.07 bits per heavy atom. The lowest BCUT2D eigenvalue weighted by Gasteiger charge is -2.35. The van der Waals surface area contributed by atoms with Gasteiger partial charge in [-0.05, 0) is 31.5 Å². The molecule has 2 aromatic rings. The van der Waals surface area contributed by atoms with Gasteiger partial charge >= 0.3 is 12.2 Å². The number of urea groups is 1. The van der Waals surface area contributed by atoms with Crippen LogP contribution < -0.4 is 20.4 Å². The van der Waals surface area contributed by atoms with E-state index >= 15 is 0 Å². The highest BCUT2D eigenvalue weighted by Crippen LogP contribution is 2.39. The molecule has 0 aromatic carbocycles. The molecule has 4 heterocycles. The van der Waals surface area contributed by atoms with E-state index in [1.807, 2.05) is 10.2 Å². The number of nitrogens with one attached hydrogen (secondary N) is 2. The molecule has 2 atom stereocenters. The van der Waals surface area contributed by atoms with E-state index in [1.54, 1.807) is 6.07 Å². The second kappa shape index (κ2) is 7.43. The number of nitrogens with zero attached hydrogens (tertiary/aromatic N) is 5. The summed E-state index contributed by atoms with van der Waals surface area (Å²) in [6.45, 7) is 2.15. The van der Waals surface area contributed by atoms with E-state index in [9.17, 15) is 22.8 Å². The van der Waals surface area contributed by atoms with Gasteiger partial charge in [0, 0.05) is 19.3 Å². The molecule has 0 aliphatic carbocycles. The van der Waals surface area contributed by atoms with E-state index < -0.39 is 24.2 Å². The average molecular weight is 421 g/mol. The smallest absolute Gasteiger partial charge is 0.366 e. The Morgan fingerprint density at radius 1 is 1.27 bits per heavy atom. The van der Waals surface area contributed by atoms with Gasteiger partial charge in [-0.1, -0.05) is 0 Å². The quantitative estimate of drug-likeness (QED) is 0.788. The predicted octanol–water partition coefficient (Wildman–Crippen LogP) is 2.18. The van der Waals surface area contributed by atoms with Gasteiger partial charge in [0.1, 0.15) is 23.9 Å². The summed E-state index contributed by atoms with van der Waals surface area (Å²) < 4.78 is 38.3. The fourth-order valence-corrected chi connectivity index (χ4v) is 3.48. The van der Waals surface area contributed by atoms with Crippen LogP contribution in [0.5, 0.6) is 0 Å². The van der Waals surface area contributed by atoms with Crippen molar-refractivity contribution in [2.75, 3.05) is 28.2 Å². The zero-order valence-corrected chi connectivity index (χ0v) is 15.8. The molecule has 2 N–H and O–H groups in total. The van der Waals surface area contributed by atoms with E-state index in [1.165, 1.54) is 29.6 Å². The highest BCUT2D eigenvalue weighted by Gasteiger charge is 2.41. The van der Waals surface area contributed by atoms with Crippen LogP contribution in [0.3, 0.4) is 0 Å². The summed E-state index contributed by atoms with van der Waals surface area (Å²) in [4.78, 5) is 40.7. The highest BCUT2D eigenvalue weighted by atomic mass is 19.4. The van der Waals surface area contributed by atoms with Gasteiger partial charge in [0.05, 0.1) is 11.7 Å². The summed E-state index contributed by atoms with van der Waals surface area (Å²) in [5.41, 5.74) is 0.439. The maximum absolute atomic E-state index is 13.0. The maximum atomic E-state index is 13.0. The van der Waals surface area contributed by atoms with Crippen molar-refractivity contribution in [2.24, 2.45) is 0 Å². The first-order chi connectivity index (χ1) is 14.2. The predicted molar refractivity (Wildman–Crippen MR) is 101 cm³/mol. The van der Waals surface area contributed by atoms with Gasteiger partial charge in [0.15, 0.2) is 5.82 Å². The second-order valence-electron chi connectivity index (χ2n) is 7.06. The molecule has 0 radical (unpaired) electrons. The number of hydrogen-bond donors (Lipinski definition) is 2. The van der Waals surface area contributed by atoms with Crippen LogP contribution in [0.25, 0.3) is 0 Å². The van der Waals surface area contributed by atoms with Crippen LogP contribution in [-0.2, 0) is 0 Å². The van der Waals surface area contributed by atoms with E-state index in [-0.39, 0.29) is 17.6 Å². The zero-order valence-electron chi connectivity index (χ0n) is 15.8. The van der Waals surface area contributed by atoms with Crippen LogP contribution in [0.1, 0.15) is 23.8 Å². The minimum Gasteiger partial charge on any atom is -0.366 e. The molecule has 1 fully saturated rings. The molecule has 9 nitrogen and oxygen atoms in total. The highest BCUT2D eigenvalue weighted by molar-refractivity contribution is 6.05. The number of halogens is 3. The molecule has 2 aliphatic rings. The van der Waals surface area contributed by atoms with E-state index in [0.29, 0.717) is 31.0 Å². The third kappa shape index (κ3) is 3.72. The van der Waals surface area contributed by atoms with E-state index in [4.69, 9.17) is 0 Å².